The first-order chi connectivity index (χ1) is 8.60. The Bertz CT molecular complexity index is 501. The molecule has 0 saturated heterocycles. The van der Waals surface area contributed by atoms with Gasteiger partial charge in [-0.2, -0.15) is 5.10 Å². The van der Waals surface area contributed by atoms with Crippen LogP contribution in [0.25, 0.3) is 0 Å². The van der Waals surface area contributed by atoms with Gasteiger partial charge in [-0.1, -0.05) is 6.92 Å². The molecule has 0 saturated carbocycles. The Hall–Kier alpha value is -1.13. The van der Waals surface area contributed by atoms with Crippen LogP contribution in [0.3, 0.4) is 0 Å². The molecule has 4 heteroatoms. The minimum Gasteiger partial charge on any atom is -0.302 e. The molecular weight excluding hydrogens is 242 g/mol. The van der Waals surface area contributed by atoms with Gasteiger partial charge in [-0.05, 0) is 32.4 Å². The van der Waals surface area contributed by atoms with Crippen LogP contribution in [0.4, 0.5) is 0 Å². The second-order valence-corrected chi connectivity index (χ2v) is 6.06. The molecule has 98 valence electrons. The van der Waals surface area contributed by atoms with Crippen molar-refractivity contribution in [3.63, 3.8) is 0 Å². The van der Waals surface area contributed by atoms with Crippen LogP contribution in [0.15, 0.2) is 24.5 Å². The van der Waals surface area contributed by atoms with Crippen molar-refractivity contribution in [3.05, 3.63) is 39.8 Å². The molecule has 0 amide bonds. The highest BCUT2D eigenvalue weighted by molar-refractivity contribution is 7.12. The van der Waals surface area contributed by atoms with Crippen LogP contribution < -0.4 is 5.32 Å². The predicted molar refractivity (Wildman–Crippen MR) is 76.8 cm³/mol. The zero-order chi connectivity index (χ0) is 13.1. The third kappa shape index (κ3) is 3.00. The molecule has 2 heterocycles. The molecule has 3 nitrogen and oxygen atoms in total. The zero-order valence-corrected chi connectivity index (χ0v) is 12.3. The summed E-state index contributed by atoms with van der Waals surface area (Å²) in [6.45, 7) is 6.58. The second kappa shape index (κ2) is 5.67. The number of nitrogens with one attached hydrogen (secondary N) is 1. The monoisotopic (exact) mass is 263 g/mol. The number of hydrogen-bond donors (Lipinski definition) is 1. The van der Waals surface area contributed by atoms with E-state index in [1.165, 1.54) is 15.3 Å². The summed E-state index contributed by atoms with van der Waals surface area (Å²) in [4.78, 5) is 2.77. The van der Waals surface area contributed by atoms with Crippen molar-refractivity contribution in [1.29, 1.82) is 0 Å². The van der Waals surface area contributed by atoms with Crippen LogP contribution in [0.5, 0.6) is 0 Å². The third-order valence-electron chi connectivity index (χ3n) is 3.17. The first-order valence-electron chi connectivity index (χ1n) is 6.41. The molecule has 2 atom stereocenters. The van der Waals surface area contributed by atoms with Crippen molar-refractivity contribution in [1.82, 2.24) is 15.1 Å². The molecule has 0 radical (unpaired) electrons. The molecule has 0 bridgehead atoms. The molecule has 2 rings (SSSR count). The Morgan fingerprint density at radius 3 is 2.72 bits per heavy atom. The zero-order valence-electron chi connectivity index (χ0n) is 11.5. The summed E-state index contributed by atoms with van der Waals surface area (Å²) in [6, 6.07) is 5.15. The predicted octanol–water partition coefficient (Wildman–Crippen LogP) is 3.59. The van der Waals surface area contributed by atoms with Crippen molar-refractivity contribution < 1.29 is 0 Å². The fourth-order valence-electron chi connectivity index (χ4n) is 2.14. The van der Waals surface area contributed by atoms with E-state index >= 15 is 0 Å². The van der Waals surface area contributed by atoms with Crippen molar-refractivity contribution >= 4 is 11.3 Å². The topological polar surface area (TPSA) is 29.9 Å². The van der Waals surface area contributed by atoms with Gasteiger partial charge in [0.1, 0.15) is 0 Å². The summed E-state index contributed by atoms with van der Waals surface area (Å²) < 4.78 is 1.86. The van der Waals surface area contributed by atoms with Crippen LogP contribution in [0.2, 0.25) is 0 Å². The SMILES string of the molecule is CCC(NC(C)c1ccc(C)s1)c1cnn(C)c1. The number of thiophene rings is 1. The number of rotatable bonds is 5. The van der Waals surface area contributed by atoms with E-state index in [4.69, 9.17) is 0 Å². The Morgan fingerprint density at radius 2 is 2.22 bits per heavy atom. The minimum absolute atomic E-state index is 0.371. The normalized spacial score (nSPS) is 14.7. The molecule has 2 aromatic rings. The fourth-order valence-corrected chi connectivity index (χ4v) is 3.03. The first kappa shape index (κ1) is 13.3. The first-order valence-corrected chi connectivity index (χ1v) is 7.22. The molecular formula is C14H21N3S. The average Bonchev–Trinajstić information content (AvgIpc) is 2.94. The van der Waals surface area contributed by atoms with Gasteiger partial charge in [-0.15, -0.1) is 11.3 Å². The van der Waals surface area contributed by atoms with E-state index in [-0.39, 0.29) is 0 Å². The highest BCUT2D eigenvalue weighted by Crippen LogP contribution is 2.26. The van der Waals surface area contributed by atoms with Crippen LogP contribution in [-0.2, 0) is 7.05 Å². The highest BCUT2D eigenvalue weighted by Gasteiger charge is 2.15. The third-order valence-corrected chi connectivity index (χ3v) is 4.36. The lowest BCUT2D eigenvalue weighted by atomic mass is 10.1. The van der Waals surface area contributed by atoms with E-state index in [9.17, 15) is 0 Å². The quantitative estimate of drug-likeness (QED) is 0.893. The fraction of sp³-hybridized carbons (Fsp3) is 0.500. The number of aromatic nitrogens is 2. The van der Waals surface area contributed by atoms with Crippen LogP contribution in [0, 0.1) is 6.92 Å². The molecule has 0 spiro atoms. The van der Waals surface area contributed by atoms with E-state index < -0.39 is 0 Å². The smallest absolute Gasteiger partial charge is 0.0537 e. The molecule has 2 unspecified atom stereocenters. The summed E-state index contributed by atoms with van der Waals surface area (Å²) in [7, 11) is 1.96. The molecule has 0 fully saturated rings. The summed E-state index contributed by atoms with van der Waals surface area (Å²) >= 11 is 1.87. The molecule has 0 aliphatic heterocycles. The second-order valence-electron chi connectivity index (χ2n) is 4.74. The molecule has 1 N–H and O–H groups in total. The molecule has 0 aliphatic carbocycles. The van der Waals surface area contributed by atoms with Gasteiger partial charge in [0.05, 0.1) is 6.20 Å². The summed E-state index contributed by atoms with van der Waals surface area (Å²) in [5.74, 6) is 0. The lowest BCUT2D eigenvalue weighted by Gasteiger charge is -2.20. The maximum atomic E-state index is 4.25. The van der Waals surface area contributed by atoms with Gasteiger partial charge in [-0.25, -0.2) is 0 Å². The molecule has 2 aromatic heterocycles. The van der Waals surface area contributed by atoms with Gasteiger partial charge in [0.25, 0.3) is 0 Å². The Kier molecular flexibility index (Phi) is 4.19. The van der Waals surface area contributed by atoms with Gasteiger partial charge in [0.15, 0.2) is 0 Å². The van der Waals surface area contributed by atoms with Gasteiger partial charge in [0.2, 0.25) is 0 Å². The Balaban J connectivity index is 2.06. The van der Waals surface area contributed by atoms with Gasteiger partial charge < -0.3 is 5.32 Å². The summed E-state index contributed by atoms with van der Waals surface area (Å²) in [5.41, 5.74) is 1.26. The Morgan fingerprint density at radius 1 is 1.44 bits per heavy atom. The summed E-state index contributed by atoms with van der Waals surface area (Å²) in [5, 5.41) is 7.93. The van der Waals surface area contributed by atoms with Crippen molar-refractivity contribution in [2.75, 3.05) is 0 Å². The largest absolute Gasteiger partial charge is 0.302 e. The van der Waals surface area contributed by atoms with Crippen molar-refractivity contribution in [3.8, 4) is 0 Å². The maximum absolute atomic E-state index is 4.25. The van der Waals surface area contributed by atoms with Crippen molar-refractivity contribution in [2.24, 2.45) is 7.05 Å². The van der Waals surface area contributed by atoms with E-state index in [1.807, 2.05) is 29.3 Å². The van der Waals surface area contributed by atoms with Crippen LogP contribution in [-0.4, -0.2) is 9.78 Å². The van der Waals surface area contributed by atoms with Crippen LogP contribution in [0.1, 0.15) is 47.7 Å². The number of hydrogen-bond acceptors (Lipinski definition) is 3. The van der Waals surface area contributed by atoms with E-state index in [2.05, 4.69) is 49.5 Å². The highest BCUT2D eigenvalue weighted by atomic mass is 32.1. The number of aryl methyl sites for hydroxylation is 2. The lowest BCUT2D eigenvalue weighted by Crippen LogP contribution is -2.23. The van der Waals surface area contributed by atoms with Gasteiger partial charge in [0, 0.05) is 40.6 Å². The van der Waals surface area contributed by atoms with Gasteiger partial charge in [-0.3, -0.25) is 4.68 Å². The molecule has 0 aliphatic rings. The van der Waals surface area contributed by atoms with Gasteiger partial charge >= 0.3 is 0 Å². The minimum atomic E-state index is 0.371. The van der Waals surface area contributed by atoms with Crippen LogP contribution >= 0.6 is 11.3 Å². The number of nitrogens with zero attached hydrogens (tertiary/aromatic N) is 2. The van der Waals surface area contributed by atoms with Crippen molar-refractivity contribution in [2.45, 2.75) is 39.3 Å². The standard InChI is InChI=1S/C14H21N3S/c1-5-13(12-8-15-17(4)9-12)16-11(3)14-7-6-10(2)18-14/h6-9,11,13,16H,5H2,1-4H3. The van der Waals surface area contributed by atoms with E-state index in [0.717, 1.165) is 6.42 Å². The molecule has 0 aromatic carbocycles. The summed E-state index contributed by atoms with van der Waals surface area (Å²) in [6.07, 6.45) is 5.11. The van der Waals surface area contributed by atoms with E-state index in [0.29, 0.717) is 12.1 Å². The Labute approximate surface area is 113 Å². The maximum Gasteiger partial charge on any atom is 0.0537 e. The van der Waals surface area contributed by atoms with E-state index in [1.54, 1.807) is 0 Å². The molecule has 18 heavy (non-hydrogen) atoms. The lowest BCUT2D eigenvalue weighted by molar-refractivity contribution is 0.460. The average molecular weight is 263 g/mol.